The highest BCUT2D eigenvalue weighted by Gasteiger charge is 2.24. The molecule has 0 aliphatic carbocycles. The molecule has 1 aromatic carbocycles. The molecule has 1 amide bonds. The Labute approximate surface area is 126 Å². The van der Waals surface area contributed by atoms with E-state index in [4.69, 9.17) is 16.3 Å². The minimum absolute atomic E-state index is 0.0805. The Balaban J connectivity index is 1.83. The molecule has 0 atom stereocenters. The Morgan fingerprint density at radius 1 is 1.40 bits per heavy atom. The van der Waals surface area contributed by atoms with Crippen molar-refractivity contribution >= 4 is 34.5 Å². The normalized spacial score (nSPS) is 13.8. The average molecular weight is 308 g/mol. The third kappa shape index (κ3) is 2.67. The van der Waals surface area contributed by atoms with E-state index in [0.717, 1.165) is 21.9 Å². The number of benzene rings is 1. The molecule has 0 unspecified atom stereocenters. The topological polar surface area (TPSA) is 29.5 Å². The van der Waals surface area contributed by atoms with Crippen LogP contribution in [0, 0.1) is 6.92 Å². The largest absolute Gasteiger partial charge is 0.490 e. The first-order valence-corrected chi connectivity index (χ1v) is 7.61. The molecule has 0 N–H and O–H groups in total. The van der Waals surface area contributed by atoms with Gasteiger partial charge in [-0.3, -0.25) is 4.79 Å². The summed E-state index contributed by atoms with van der Waals surface area (Å²) in [4.78, 5) is 15.2. The van der Waals surface area contributed by atoms with Crippen molar-refractivity contribution in [2.45, 2.75) is 13.3 Å². The maximum absolute atomic E-state index is 12.5. The lowest BCUT2D eigenvalue weighted by Gasteiger charge is -2.29. The fraction of sp³-hybridized carbons (Fsp3) is 0.267. The Bertz CT molecular complexity index is 653. The van der Waals surface area contributed by atoms with E-state index in [1.54, 1.807) is 4.90 Å². The Morgan fingerprint density at radius 3 is 3.00 bits per heavy atom. The molecule has 3 nitrogen and oxygen atoms in total. The number of carbonyl (C=O) groups is 1. The van der Waals surface area contributed by atoms with Crippen molar-refractivity contribution in [2.24, 2.45) is 0 Å². The zero-order chi connectivity index (χ0) is 14.1. The molecule has 20 heavy (non-hydrogen) atoms. The monoisotopic (exact) mass is 307 g/mol. The van der Waals surface area contributed by atoms with E-state index in [1.807, 2.05) is 37.3 Å². The Kier molecular flexibility index (Phi) is 3.68. The number of hydrogen-bond donors (Lipinski definition) is 0. The summed E-state index contributed by atoms with van der Waals surface area (Å²) in [5.74, 6) is 0.866. The number of carbonyl (C=O) groups excluding carboxylic acids is 1. The highest BCUT2D eigenvalue weighted by molar-refractivity contribution is 7.16. The van der Waals surface area contributed by atoms with Crippen LogP contribution in [0.25, 0.3) is 0 Å². The van der Waals surface area contributed by atoms with Gasteiger partial charge in [-0.15, -0.1) is 11.3 Å². The van der Waals surface area contributed by atoms with Gasteiger partial charge in [-0.05, 0) is 36.8 Å². The number of fused-ring (bicyclic) bond motifs is 1. The van der Waals surface area contributed by atoms with Crippen LogP contribution in [0.3, 0.4) is 0 Å². The predicted molar refractivity (Wildman–Crippen MR) is 82.1 cm³/mol. The number of ether oxygens (including phenoxy) is 1. The molecule has 0 saturated carbocycles. The molecule has 2 heterocycles. The van der Waals surface area contributed by atoms with E-state index in [2.05, 4.69) is 0 Å². The van der Waals surface area contributed by atoms with Crippen molar-refractivity contribution in [3.63, 3.8) is 0 Å². The fourth-order valence-electron chi connectivity index (χ4n) is 2.28. The van der Waals surface area contributed by atoms with Crippen LogP contribution in [0.2, 0.25) is 4.34 Å². The van der Waals surface area contributed by atoms with Gasteiger partial charge in [-0.25, -0.2) is 0 Å². The summed E-state index contributed by atoms with van der Waals surface area (Å²) >= 11 is 7.35. The summed E-state index contributed by atoms with van der Waals surface area (Å²) in [5.41, 5.74) is 1.98. The van der Waals surface area contributed by atoms with Gasteiger partial charge in [0.25, 0.3) is 0 Å². The lowest BCUT2D eigenvalue weighted by molar-refractivity contribution is -0.118. The van der Waals surface area contributed by atoms with E-state index < -0.39 is 0 Å². The number of aryl methyl sites for hydroxylation is 1. The molecule has 0 saturated heterocycles. The third-order valence-corrected chi connectivity index (χ3v) is 4.47. The van der Waals surface area contributed by atoms with Gasteiger partial charge < -0.3 is 9.64 Å². The molecule has 1 aliphatic heterocycles. The van der Waals surface area contributed by atoms with E-state index in [-0.39, 0.29) is 5.91 Å². The van der Waals surface area contributed by atoms with E-state index >= 15 is 0 Å². The molecule has 1 aromatic heterocycles. The van der Waals surface area contributed by atoms with Gasteiger partial charge in [0, 0.05) is 4.88 Å². The molecule has 0 radical (unpaired) electrons. The molecule has 2 aromatic rings. The molecular formula is C15H14ClNO2S. The molecule has 3 rings (SSSR count). The smallest absolute Gasteiger partial charge is 0.232 e. The van der Waals surface area contributed by atoms with Crippen LogP contribution in [0.15, 0.2) is 30.3 Å². The molecule has 104 valence electrons. The minimum Gasteiger partial charge on any atom is -0.490 e. The zero-order valence-electron chi connectivity index (χ0n) is 11.1. The Morgan fingerprint density at radius 2 is 2.25 bits per heavy atom. The first-order valence-electron chi connectivity index (χ1n) is 6.41. The summed E-state index contributed by atoms with van der Waals surface area (Å²) in [7, 11) is 0. The van der Waals surface area contributed by atoms with E-state index in [1.165, 1.54) is 11.3 Å². The van der Waals surface area contributed by atoms with Gasteiger partial charge >= 0.3 is 0 Å². The van der Waals surface area contributed by atoms with Crippen molar-refractivity contribution < 1.29 is 9.53 Å². The van der Waals surface area contributed by atoms with Crippen LogP contribution in [-0.2, 0) is 11.2 Å². The number of halogens is 1. The summed E-state index contributed by atoms with van der Waals surface area (Å²) in [6, 6.07) is 9.64. The molecule has 1 aliphatic rings. The van der Waals surface area contributed by atoms with Crippen molar-refractivity contribution in [1.82, 2.24) is 0 Å². The SMILES string of the molecule is Cc1ccc2c(c1)OCCN2C(=O)Cc1ccc(Cl)s1. The number of anilines is 1. The van der Waals surface area contributed by atoms with E-state index in [9.17, 15) is 4.79 Å². The third-order valence-electron chi connectivity index (χ3n) is 3.23. The highest BCUT2D eigenvalue weighted by atomic mass is 35.5. The lowest BCUT2D eigenvalue weighted by Crippen LogP contribution is -2.38. The van der Waals surface area contributed by atoms with Gasteiger partial charge in [0.1, 0.15) is 12.4 Å². The predicted octanol–water partition coefficient (Wildman–Crippen LogP) is 3.68. The maximum Gasteiger partial charge on any atom is 0.232 e. The van der Waals surface area contributed by atoms with Crippen molar-refractivity contribution in [2.75, 3.05) is 18.1 Å². The number of amides is 1. The molecule has 5 heteroatoms. The first-order chi connectivity index (χ1) is 9.63. The molecule has 0 spiro atoms. The van der Waals surface area contributed by atoms with E-state index in [0.29, 0.717) is 23.9 Å². The number of hydrogen-bond acceptors (Lipinski definition) is 3. The van der Waals surface area contributed by atoms with Gasteiger partial charge in [0.15, 0.2) is 0 Å². The van der Waals surface area contributed by atoms with Crippen LogP contribution in [0.1, 0.15) is 10.4 Å². The lowest BCUT2D eigenvalue weighted by atomic mass is 10.1. The van der Waals surface area contributed by atoms with Gasteiger partial charge in [-0.2, -0.15) is 0 Å². The van der Waals surface area contributed by atoms with Crippen LogP contribution in [0.5, 0.6) is 5.75 Å². The van der Waals surface area contributed by atoms with Crippen molar-refractivity contribution in [3.05, 3.63) is 45.1 Å². The van der Waals surface area contributed by atoms with Crippen LogP contribution < -0.4 is 9.64 Å². The maximum atomic E-state index is 12.5. The molecule has 0 bridgehead atoms. The summed E-state index contributed by atoms with van der Waals surface area (Å²) in [6.07, 6.45) is 0.380. The fourth-order valence-corrected chi connectivity index (χ4v) is 3.36. The quantitative estimate of drug-likeness (QED) is 0.847. The van der Waals surface area contributed by atoms with Crippen LogP contribution in [-0.4, -0.2) is 19.1 Å². The second kappa shape index (κ2) is 5.46. The number of rotatable bonds is 2. The Hall–Kier alpha value is -1.52. The zero-order valence-corrected chi connectivity index (χ0v) is 12.6. The summed E-state index contributed by atoms with van der Waals surface area (Å²) in [5, 5.41) is 0. The number of nitrogens with zero attached hydrogens (tertiary/aromatic N) is 1. The van der Waals surface area contributed by atoms with Gasteiger partial charge in [-0.1, -0.05) is 17.7 Å². The molecule has 0 fully saturated rings. The van der Waals surface area contributed by atoms with Crippen LogP contribution in [0.4, 0.5) is 5.69 Å². The average Bonchev–Trinajstić information content (AvgIpc) is 2.83. The second-order valence-corrected chi connectivity index (χ2v) is 6.55. The summed E-state index contributed by atoms with van der Waals surface area (Å²) < 4.78 is 6.34. The van der Waals surface area contributed by atoms with Crippen molar-refractivity contribution in [1.29, 1.82) is 0 Å². The van der Waals surface area contributed by atoms with Crippen LogP contribution >= 0.6 is 22.9 Å². The van der Waals surface area contributed by atoms with Gasteiger partial charge in [0.2, 0.25) is 5.91 Å². The summed E-state index contributed by atoms with van der Waals surface area (Å²) in [6.45, 7) is 3.14. The first kappa shape index (κ1) is 13.5. The minimum atomic E-state index is 0.0805. The van der Waals surface area contributed by atoms with Crippen molar-refractivity contribution in [3.8, 4) is 5.75 Å². The van der Waals surface area contributed by atoms with Gasteiger partial charge in [0.05, 0.1) is 23.0 Å². The highest BCUT2D eigenvalue weighted by Crippen LogP contribution is 2.33. The second-order valence-electron chi connectivity index (χ2n) is 4.75. The molecular weight excluding hydrogens is 294 g/mol. The number of thiophene rings is 1. The standard InChI is InChI=1S/C15H14ClNO2S/c1-10-2-4-12-13(8-10)19-7-6-17(12)15(18)9-11-3-5-14(16)20-11/h2-5,8H,6-7,9H2,1H3.